The van der Waals surface area contributed by atoms with Crippen molar-refractivity contribution in [2.45, 2.75) is 13.5 Å². The number of ether oxygens (including phenoxy) is 1. The van der Waals surface area contributed by atoms with Crippen molar-refractivity contribution in [2.75, 3.05) is 12.4 Å². The predicted molar refractivity (Wildman–Crippen MR) is 102 cm³/mol. The molecule has 130 valence electrons. The second-order valence-electron chi connectivity index (χ2n) is 6.08. The molecular formula is C20H19N5O. The van der Waals surface area contributed by atoms with Crippen molar-refractivity contribution in [1.29, 1.82) is 0 Å². The van der Waals surface area contributed by atoms with Gasteiger partial charge in [-0.25, -0.2) is 4.98 Å². The first-order chi connectivity index (χ1) is 12.7. The summed E-state index contributed by atoms with van der Waals surface area (Å²) in [5.41, 5.74) is 4.04. The molecule has 0 fully saturated rings. The summed E-state index contributed by atoms with van der Waals surface area (Å²) in [6.45, 7) is 2.74. The standard InChI is InChI=1S/C20H19N5O/c1-14-10-17(26-2)5-6-18(14)23-20-22-12-16-7-9-25(19(16)24-20)13-15-4-3-8-21-11-15/h3-12H,13H2,1-2H3,(H,22,23,24). The van der Waals surface area contributed by atoms with Gasteiger partial charge in [-0.05, 0) is 48.4 Å². The molecule has 1 N–H and O–H groups in total. The molecule has 0 aliphatic rings. The van der Waals surface area contributed by atoms with Crippen LogP contribution in [-0.2, 0) is 6.54 Å². The molecule has 4 aromatic rings. The molecule has 0 bridgehead atoms. The Kier molecular flexibility index (Phi) is 4.23. The largest absolute Gasteiger partial charge is 0.497 e. The SMILES string of the molecule is COc1ccc(Nc2ncc3ccn(Cc4cccnc4)c3n2)c(C)c1. The molecule has 1 aromatic carbocycles. The summed E-state index contributed by atoms with van der Waals surface area (Å²) in [6.07, 6.45) is 7.50. The first kappa shape index (κ1) is 16.1. The maximum absolute atomic E-state index is 5.25. The molecule has 0 atom stereocenters. The third-order valence-corrected chi connectivity index (χ3v) is 4.26. The zero-order valence-electron chi connectivity index (χ0n) is 14.7. The maximum Gasteiger partial charge on any atom is 0.229 e. The highest BCUT2D eigenvalue weighted by Gasteiger charge is 2.08. The number of benzene rings is 1. The van der Waals surface area contributed by atoms with Crippen molar-refractivity contribution in [3.05, 3.63) is 72.3 Å². The van der Waals surface area contributed by atoms with Gasteiger partial charge in [0.05, 0.1) is 13.7 Å². The Labute approximate surface area is 151 Å². The molecule has 0 unspecified atom stereocenters. The van der Waals surface area contributed by atoms with Crippen LogP contribution in [0.2, 0.25) is 0 Å². The Morgan fingerprint density at radius 3 is 2.85 bits per heavy atom. The fourth-order valence-electron chi connectivity index (χ4n) is 2.87. The molecule has 4 rings (SSSR count). The Hall–Kier alpha value is -3.41. The van der Waals surface area contributed by atoms with Crippen LogP contribution < -0.4 is 10.1 Å². The van der Waals surface area contributed by atoms with Gasteiger partial charge in [-0.2, -0.15) is 4.98 Å². The monoisotopic (exact) mass is 345 g/mol. The van der Waals surface area contributed by atoms with Crippen LogP contribution in [-0.4, -0.2) is 26.6 Å². The predicted octanol–water partition coefficient (Wildman–Crippen LogP) is 3.94. The van der Waals surface area contributed by atoms with Crippen molar-refractivity contribution in [1.82, 2.24) is 19.5 Å². The normalized spacial score (nSPS) is 10.8. The van der Waals surface area contributed by atoms with Gasteiger partial charge in [0.25, 0.3) is 0 Å². The molecule has 3 heterocycles. The summed E-state index contributed by atoms with van der Waals surface area (Å²) in [5.74, 6) is 1.40. The van der Waals surface area contributed by atoms with Crippen molar-refractivity contribution in [3.8, 4) is 5.75 Å². The van der Waals surface area contributed by atoms with Crippen LogP contribution in [0.1, 0.15) is 11.1 Å². The molecule has 0 spiro atoms. The Morgan fingerprint density at radius 1 is 1.15 bits per heavy atom. The number of anilines is 2. The molecule has 0 radical (unpaired) electrons. The van der Waals surface area contributed by atoms with Gasteiger partial charge in [-0.1, -0.05) is 6.07 Å². The van der Waals surface area contributed by atoms with Gasteiger partial charge in [0.2, 0.25) is 5.95 Å². The van der Waals surface area contributed by atoms with E-state index in [1.54, 1.807) is 13.3 Å². The van der Waals surface area contributed by atoms with Gasteiger partial charge in [-0.3, -0.25) is 4.98 Å². The van der Waals surface area contributed by atoms with E-state index in [1.165, 1.54) is 0 Å². The lowest BCUT2D eigenvalue weighted by molar-refractivity contribution is 0.414. The van der Waals surface area contributed by atoms with E-state index in [0.29, 0.717) is 5.95 Å². The van der Waals surface area contributed by atoms with Crippen molar-refractivity contribution >= 4 is 22.7 Å². The highest BCUT2D eigenvalue weighted by molar-refractivity contribution is 5.77. The van der Waals surface area contributed by atoms with Crippen LogP contribution in [0.3, 0.4) is 0 Å². The second kappa shape index (κ2) is 6.84. The quantitative estimate of drug-likeness (QED) is 0.593. The summed E-state index contributed by atoms with van der Waals surface area (Å²) < 4.78 is 7.35. The van der Waals surface area contributed by atoms with Gasteiger partial charge >= 0.3 is 0 Å². The number of rotatable bonds is 5. The molecule has 26 heavy (non-hydrogen) atoms. The van der Waals surface area contributed by atoms with E-state index >= 15 is 0 Å². The van der Waals surface area contributed by atoms with E-state index in [0.717, 1.165) is 40.1 Å². The van der Waals surface area contributed by atoms with E-state index in [9.17, 15) is 0 Å². The van der Waals surface area contributed by atoms with E-state index < -0.39 is 0 Å². The molecule has 0 aliphatic heterocycles. The molecular weight excluding hydrogens is 326 g/mol. The fraction of sp³-hybridized carbons (Fsp3) is 0.150. The van der Waals surface area contributed by atoms with Gasteiger partial charge in [0, 0.05) is 35.9 Å². The van der Waals surface area contributed by atoms with Crippen LogP contribution in [0.5, 0.6) is 5.75 Å². The first-order valence-electron chi connectivity index (χ1n) is 8.35. The first-order valence-corrected chi connectivity index (χ1v) is 8.35. The zero-order valence-corrected chi connectivity index (χ0v) is 14.7. The van der Waals surface area contributed by atoms with E-state index in [2.05, 4.69) is 25.9 Å². The Bertz CT molecular complexity index is 1040. The third-order valence-electron chi connectivity index (χ3n) is 4.26. The molecule has 3 aromatic heterocycles. The van der Waals surface area contributed by atoms with Gasteiger partial charge < -0.3 is 14.6 Å². The number of aryl methyl sites for hydroxylation is 1. The Balaban J connectivity index is 1.64. The lowest BCUT2D eigenvalue weighted by Crippen LogP contribution is -2.03. The summed E-state index contributed by atoms with van der Waals surface area (Å²) in [4.78, 5) is 13.3. The average molecular weight is 345 g/mol. The van der Waals surface area contributed by atoms with Crippen LogP contribution in [0.25, 0.3) is 11.0 Å². The second-order valence-corrected chi connectivity index (χ2v) is 6.08. The van der Waals surface area contributed by atoms with Gasteiger partial charge in [-0.15, -0.1) is 0 Å². The van der Waals surface area contributed by atoms with Gasteiger partial charge in [0.1, 0.15) is 11.4 Å². The Morgan fingerprint density at radius 2 is 2.08 bits per heavy atom. The average Bonchev–Trinajstić information content (AvgIpc) is 3.06. The van der Waals surface area contributed by atoms with Gasteiger partial charge in [0.15, 0.2) is 0 Å². The number of nitrogens with one attached hydrogen (secondary N) is 1. The number of hydrogen-bond acceptors (Lipinski definition) is 5. The van der Waals surface area contributed by atoms with Crippen molar-refractivity contribution in [2.24, 2.45) is 0 Å². The lowest BCUT2D eigenvalue weighted by Gasteiger charge is -2.10. The lowest BCUT2D eigenvalue weighted by atomic mass is 10.2. The third kappa shape index (κ3) is 3.21. The molecule has 0 saturated carbocycles. The van der Waals surface area contributed by atoms with Crippen LogP contribution in [0.15, 0.2) is 61.2 Å². The maximum atomic E-state index is 5.25. The van der Waals surface area contributed by atoms with E-state index in [1.807, 2.05) is 55.8 Å². The summed E-state index contributed by atoms with van der Waals surface area (Å²) in [6, 6.07) is 11.9. The van der Waals surface area contributed by atoms with Crippen molar-refractivity contribution < 1.29 is 4.74 Å². The highest BCUT2D eigenvalue weighted by atomic mass is 16.5. The summed E-state index contributed by atoms with van der Waals surface area (Å²) in [7, 11) is 1.66. The fourth-order valence-corrected chi connectivity index (χ4v) is 2.87. The minimum Gasteiger partial charge on any atom is -0.497 e. The minimum absolute atomic E-state index is 0.567. The van der Waals surface area contributed by atoms with E-state index in [4.69, 9.17) is 9.72 Å². The number of hydrogen-bond donors (Lipinski definition) is 1. The molecule has 6 heteroatoms. The number of pyridine rings is 1. The van der Waals surface area contributed by atoms with Crippen LogP contribution in [0.4, 0.5) is 11.6 Å². The van der Waals surface area contributed by atoms with E-state index in [-0.39, 0.29) is 0 Å². The molecule has 0 amide bonds. The minimum atomic E-state index is 0.567. The van der Waals surface area contributed by atoms with Crippen LogP contribution >= 0.6 is 0 Å². The summed E-state index contributed by atoms with van der Waals surface area (Å²) in [5, 5.41) is 4.30. The topological polar surface area (TPSA) is 64.9 Å². The highest BCUT2D eigenvalue weighted by Crippen LogP contribution is 2.24. The number of nitrogens with zero attached hydrogens (tertiary/aromatic N) is 4. The smallest absolute Gasteiger partial charge is 0.229 e. The number of fused-ring (bicyclic) bond motifs is 1. The number of aromatic nitrogens is 4. The molecule has 6 nitrogen and oxygen atoms in total. The van der Waals surface area contributed by atoms with Crippen LogP contribution in [0, 0.1) is 6.92 Å². The zero-order chi connectivity index (χ0) is 17.9. The summed E-state index contributed by atoms with van der Waals surface area (Å²) >= 11 is 0. The molecule has 0 aliphatic carbocycles. The molecule has 0 saturated heterocycles. The van der Waals surface area contributed by atoms with Crippen molar-refractivity contribution in [3.63, 3.8) is 0 Å². The number of methoxy groups -OCH3 is 1.